The van der Waals surface area contributed by atoms with Crippen LogP contribution in [0.1, 0.15) is 74.2 Å². The van der Waals surface area contributed by atoms with Gasteiger partial charge in [0.2, 0.25) is 11.8 Å². The summed E-state index contributed by atoms with van der Waals surface area (Å²) in [4.78, 5) is 46.5. The second kappa shape index (κ2) is 16.6. The van der Waals surface area contributed by atoms with Gasteiger partial charge in [-0.05, 0) is 86.8 Å². The SMILES string of the molecule is CCCCN1C(=O)[C@@H]([C@H](O)C2CCOCC2)NC(=O)C12CCN(Cc1ccc(Oc3ccc(C(=O)N4CCCC4)cc3OC)cc1)CC2.Cl. The smallest absolute Gasteiger partial charge is 0.253 e. The van der Waals surface area contributed by atoms with E-state index in [1.807, 2.05) is 29.2 Å². The lowest BCUT2D eigenvalue weighted by atomic mass is 9.79. The number of hydrogen-bond acceptors (Lipinski definition) is 8. The van der Waals surface area contributed by atoms with E-state index in [1.54, 1.807) is 30.2 Å². The lowest BCUT2D eigenvalue weighted by Gasteiger charge is -2.52. The van der Waals surface area contributed by atoms with Crippen LogP contribution in [0.3, 0.4) is 0 Å². The predicted molar refractivity (Wildman–Crippen MR) is 187 cm³/mol. The molecule has 0 bridgehead atoms. The van der Waals surface area contributed by atoms with Crippen LogP contribution < -0.4 is 14.8 Å². The van der Waals surface area contributed by atoms with Crippen molar-refractivity contribution in [1.82, 2.24) is 20.0 Å². The average molecular weight is 699 g/mol. The molecule has 4 fully saturated rings. The molecule has 0 aromatic heterocycles. The maximum atomic E-state index is 13.9. The molecule has 4 aliphatic heterocycles. The Kier molecular flexibility index (Phi) is 12.5. The molecule has 11 nitrogen and oxygen atoms in total. The van der Waals surface area contributed by atoms with E-state index < -0.39 is 17.7 Å². The van der Waals surface area contributed by atoms with Crippen LogP contribution in [0, 0.1) is 5.92 Å². The maximum Gasteiger partial charge on any atom is 0.253 e. The normalized spacial score (nSPS) is 22.1. The molecule has 0 saturated carbocycles. The molecule has 12 heteroatoms. The fourth-order valence-corrected chi connectivity index (χ4v) is 7.65. The fraction of sp³-hybridized carbons (Fsp3) is 0.595. The first-order valence-corrected chi connectivity index (χ1v) is 17.7. The Morgan fingerprint density at radius 3 is 2.37 bits per heavy atom. The van der Waals surface area contributed by atoms with Gasteiger partial charge in [-0.1, -0.05) is 25.5 Å². The molecule has 0 radical (unpaired) electrons. The minimum absolute atomic E-state index is 0. The molecule has 4 aliphatic rings. The summed E-state index contributed by atoms with van der Waals surface area (Å²) in [6.45, 7) is 7.37. The number of aliphatic hydroxyl groups is 1. The largest absolute Gasteiger partial charge is 0.493 e. The Labute approximate surface area is 295 Å². The van der Waals surface area contributed by atoms with Crippen LogP contribution in [0.4, 0.5) is 0 Å². The van der Waals surface area contributed by atoms with Crippen molar-refractivity contribution in [3.05, 3.63) is 53.6 Å². The molecule has 0 unspecified atom stereocenters. The van der Waals surface area contributed by atoms with Gasteiger partial charge in [-0.2, -0.15) is 0 Å². The Hall–Kier alpha value is -3.38. The minimum Gasteiger partial charge on any atom is -0.493 e. The molecule has 4 heterocycles. The number of carbonyl (C=O) groups excluding carboxylic acids is 3. The molecule has 1 spiro atoms. The van der Waals surface area contributed by atoms with Crippen molar-refractivity contribution in [2.75, 3.05) is 53.0 Å². The number of likely N-dealkylation sites (tertiary alicyclic amines) is 2. The van der Waals surface area contributed by atoms with Crippen molar-refractivity contribution >= 4 is 30.1 Å². The first-order valence-electron chi connectivity index (χ1n) is 17.7. The number of ether oxygens (including phenoxy) is 3. The maximum absolute atomic E-state index is 13.9. The van der Waals surface area contributed by atoms with Gasteiger partial charge in [0.1, 0.15) is 17.3 Å². The lowest BCUT2D eigenvalue weighted by molar-refractivity contribution is -0.166. The zero-order valence-corrected chi connectivity index (χ0v) is 29.6. The van der Waals surface area contributed by atoms with Crippen LogP contribution in [-0.2, 0) is 20.9 Å². The standard InChI is InChI=1S/C37H50N4O7.ClH/c1-3-4-19-41-35(44)32(33(42)27-13-22-47-23-14-27)38-36(45)37(41)15-20-39(21-16-37)25-26-7-10-29(11-8-26)48-30-12-9-28(24-31(30)46-2)34(43)40-17-5-6-18-40;/h7-12,24,27,32-33,42H,3-6,13-23,25H2,1-2H3,(H,38,45);1H/t32-,33-;/m1./s1. The minimum atomic E-state index is -0.914. The Balaban J connectivity index is 0.00000468. The molecule has 268 valence electrons. The van der Waals surface area contributed by atoms with Crippen LogP contribution in [0.25, 0.3) is 0 Å². The van der Waals surface area contributed by atoms with E-state index in [2.05, 4.69) is 17.1 Å². The molecule has 49 heavy (non-hydrogen) atoms. The first-order chi connectivity index (χ1) is 23.3. The van der Waals surface area contributed by atoms with Gasteiger partial charge in [-0.3, -0.25) is 19.3 Å². The number of rotatable bonds is 11. The summed E-state index contributed by atoms with van der Waals surface area (Å²) in [7, 11) is 1.57. The van der Waals surface area contributed by atoms with E-state index in [0.29, 0.717) is 87.9 Å². The Bertz CT molecular complexity index is 1440. The molecule has 0 aliphatic carbocycles. The highest BCUT2D eigenvalue weighted by Crippen LogP contribution is 2.37. The quantitative estimate of drug-likeness (QED) is 0.355. The number of unbranched alkanes of at least 4 members (excludes halogenated alkanes) is 1. The van der Waals surface area contributed by atoms with Gasteiger partial charge < -0.3 is 34.4 Å². The van der Waals surface area contributed by atoms with E-state index in [9.17, 15) is 19.5 Å². The number of benzene rings is 2. The van der Waals surface area contributed by atoms with Gasteiger partial charge in [0.15, 0.2) is 11.5 Å². The second-order valence-corrected chi connectivity index (χ2v) is 13.7. The van der Waals surface area contributed by atoms with Crippen molar-refractivity contribution in [2.24, 2.45) is 5.92 Å². The molecule has 3 amide bonds. The van der Waals surface area contributed by atoms with E-state index in [1.165, 1.54) is 0 Å². The van der Waals surface area contributed by atoms with Crippen LogP contribution in [0.15, 0.2) is 42.5 Å². The number of halogens is 1. The molecule has 2 aromatic carbocycles. The van der Waals surface area contributed by atoms with Gasteiger partial charge >= 0.3 is 0 Å². The summed E-state index contributed by atoms with van der Waals surface area (Å²) in [5, 5.41) is 14.1. The third-order valence-electron chi connectivity index (χ3n) is 10.6. The fourth-order valence-electron chi connectivity index (χ4n) is 7.65. The number of methoxy groups -OCH3 is 1. The average Bonchev–Trinajstić information content (AvgIpc) is 3.67. The van der Waals surface area contributed by atoms with Gasteiger partial charge in [0, 0.05) is 58.0 Å². The van der Waals surface area contributed by atoms with Crippen LogP contribution in [0.2, 0.25) is 0 Å². The van der Waals surface area contributed by atoms with Crippen molar-refractivity contribution in [3.8, 4) is 17.2 Å². The third kappa shape index (κ3) is 8.01. The van der Waals surface area contributed by atoms with Crippen molar-refractivity contribution < 1.29 is 33.7 Å². The number of nitrogens with one attached hydrogen (secondary N) is 1. The number of carbonyl (C=O) groups is 3. The van der Waals surface area contributed by atoms with E-state index >= 15 is 0 Å². The van der Waals surface area contributed by atoms with Gasteiger partial charge in [0.25, 0.3) is 5.91 Å². The molecule has 2 atom stereocenters. The second-order valence-electron chi connectivity index (χ2n) is 13.7. The summed E-state index contributed by atoms with van der Waals surface area (Å²) in [5.41, 5.74) is 0.819. The van der Waals surface area contributed by atoms with Crippen LogP contribution >= 0.6 is 12.4 Å². The third-order valence-corrected chi connectivity index (χ3v) is 10.6. The monoisotopic (exact) mass is 698 g/mol. The number of piperazine rings is 1. The zero-order chi connectivity index (χ0) is 33.7. The molecule has 4 saturated heterocycles. The van der Waals surface area contributed by atoms with Gasteiger partial charge in [-0.25, -0.2) is 0 Å². The number of aliphatic hydroxyl groups excluding tert-OH is 1. The molecule has 2 aromatic rings. The topological polar surface area (TPSA) is 121 Å². The molecular formula is C37H51ClN4O7. The summed E-state index contributed by atoms with van der Waals surface area (Å²) in [5.74, 6) is 1.37. The Morgan fingerprint density at radius 2 is 1.71 bits per heavy atom. The van der Waals surface area contributed by atoms with E-state index in [-0.39, 0.29) is 36.0 Å². The number of hydrogen-bond donors (Lipinski definition) is 2. The van der Waals surface area contributed by atoms with Crippen LogP contribution in [0.5, 0.6) is 17.2 Å². The lowest BCUT2D eigenvalue weighted by Crippen LogP contribution is -2.75. The van der Waals surface area contributed by atoms with Gasteiger partial charge in [0.05, 0.1) is 13.2 Å². The summed E-state index contributed by atoms with van der Waals surface area (Å²) < 4.78 is 17.1. The highest BCUT2D eigenvalue weighted by atomic mass is 35.5. The highest BCUT2D eigenvalue weighted by Gasteiger charge is 2.55. The number of nitrogens with zero attached hydrogens (tertiary/aromatic N) is 3. The summed E-state index contributed by atoms with van der Waals surface area (Å²) in [6, 6.07) is 12.3. The molecular weight excluding hydrogens is 648 g/mol. The predicted octanol–water partition coefficient (Wildman–Crippen LogP) is 4.39. The molecule has 2 N–H and O–H groups in total. The summed E-state index contributed by atoms with van der Waals surface area (Å²) >= 11 is 0. The van der Waals surface area contributed by atoms with Crippen LogP contribution in [-0.4, -0.2) is 108 Å². The van der Waals surface area contributed by atoms with E-state index in [4.69, 9.17) is 14.2 Å². The summed E-state index contributed by atoms with van der Waals surface area (Å²) in [6.07, 6.45) is 5.36. The number of piperidine rings is 1. The molecule has 6 rings (SSSR count). The van der Waals surface area contributed by atoms with Gasteiger partial charge in [-0.15, -0.1) is 12.4 Å². The first kappa shape index (κ1) is 36.9. The van der Waals surface area contributed by atoms with Crippen molar-refractivity contribution in [3.63, 3.8) is 0 Å². The van der Waals surface area contributed by atoms with E-state index in [0.717, 1.165) is 44.3 Å². The Morgan fingerprint density at radius 1 is 1.02 bits per heavy atom. The zero-order valence-electron chi connectivity index (χ0n) is 28.7. The van der Waals surface area contributed by atoms with Crippen molar-refractivity contribution in [1.29, 1.82) is 0 Å². The van der Waals surface area contributed by atoms with Crippen molar-refractivity contribution in [2.45, 2.75) is 82.5 Å². The highest BCUT2D eigenvalue weighted by molar-refractivity contribution is 6.00. The number of amides is 3.